The molecule has 4 heterocycles. The van der Waals surface area contributed by atoms with E-state index in [0.29, 0.717) is 32.8 Å². The van der Waals surface area contributed by atoms with Gasteiger partial charge in [-0.15, -0.1) is 0 Å². The Morgan fingerprint density at radius 3 is 2.47 bits per heavy atom. The van der Waals surface area contributed by atoms with Gasteiger partial charge in [0.25, 0.3) is 0 Å². The van der Waals surface area contributed by atoms with Crippen molar-refractivity contribution in [3.63, 3.8) is 0 Å². The number of para-hydroxylation sites is 1. The van der Waals surface area contributed by atoms with Gasteiger partial charge in [0.1, 0.15) is 6.04 Å². The summed E-state index contributed by atoms with van der Waals surface area (Å²) in [7, 11) is -3.88. The van der Waals surface area contributed by atoms with E-state index in [9.17, 15) is 13.2 Å². The molecule has 1 atom stereocenters. The van der Waals surface area contributed by atoms with Crippen molar-refractivity contribution in [3.8, 4) is 11.3 Å². The van der Waals surface area contributed by atoms with Crippen LogP contribution >= 0.6 is 0 Å². The zero-order valence-corrected chi connectivity index (χ0v) is 21.6. The normalized spacial score (nSPS) is 22.3. The van der Waals surface area contributed by atoms with E-state index in [1.54, 1.807) is 17.0 Å². The average Bonchev–Trinajstić information content (AvgIpc) is 3.26. The number of hydrogen-bond acceptors (Lipinski definition) is 5. The minimum atomic E-state index is -3.88. The fourth-order valence-electron chi connectivity index (χ4n) is 5.57. The van der Waals surface area contributed by atoms with Crippen LogP contribution in [-0.2, 0) is 19.6 Å². The van der Waals surface area contributed by atoms with Crippen LogP contribution in [0.4, 0.5) is 5.69 Å². The molecular formula is C27H34N4O4S. The highest BCUT2D eigenvalue weighted by molar-refractivity contribution is 7.89. The van der Waals surface area contributed by atoms with Crippen LogP contribution in [0.25, 0.3) is 22.2 Å². The molecule has 1 aromatic heterocycles. The van der Waals surface area contributed by atoms with Gasteiger partial charge in [0.05, 0.1) is 18.1 Å². The van der Waals surface area contributed by atoms with Crippen molar-refractivity contribution in [2.75, 3.05) is 50.8 Å². The number of sulfonamides is 1. The molecule has 3 aliphatic rings. The van der Waals surface area contributed by atoms with Gasteiger partial charge in [-0.25, -0.2) is 8.42 Å². The molecule has 2 aromatic carbocycles. The van der Waals surface area contributed by atoms with Crippen molar-refractivity contribution >= 4 is 32.5 Å². The van der Waals surface area contributed by atoms with E-state index < -0.39 is 21.5 Å². The largest absolute Gasteiger partial charge is 0.378 e. The summed E-state index contributed by atoms with van der Waals surface area (Å²) >= 11 is 0. The topological polar surface area (TPSA) is 86.0 Å². The zero-order chi connectivity index (χ0) is 25.1. The van der Waals surface area contributed by atoms with Crippen LogP contribution in [0, 0.1) is 5.41 Å². The van der Waals surface area contributed by atoms with Gasteiger partial charge in [-0.05, 0) is 36.8 Å². The smallest absolute Gasteiger partial charge is 0.243 e. The Morgan fingerprint density at radius 2 is 1.81 bits per heavy atom. The number of benzene rings is 2. The Balaban J connectivity index is 0.00000280. The highest BCUT2D eigenvalue weighted by Gasteiger charge is 2.56. The summed E-state index contributed by atoms with van der Waals surface area (Å²) in [6.45, 7) is 8.10. The van der Waals surface area contributed by atoms with E-state index >= 15 is 0 Å². The molecule has 1 N–H and O–H groups in total. The predicted molar refractivity (Wildman–Crippen MR) is 142 cm³/mol. The van der Waals surface area contributed by atoms with Gasteiger partial charge in [0.15, 0.2) is 0 Å². The van der Waals surface area contributed by atoms with E-state index in [-0.39, 0.29) is 12.2 Å². The molecule has 0 spiro atoms. The summed E-state index contributed by atoms with van der Waals surface area (Å²) in [4.78, 5) is 21.1. The van der Waals surface area contributed by atoms with Gasteiger partial charge in [-0.1, -0.05) is 32.0 Å². The molecule has 0 aliphatic carbocycles. The Kier molecular flexibility index (Phi) is 5.62. The lowest BCUT2D eigenvalue weighted by atomic mass is 9.76. The summed E-state index contributed by atoms with van der Waals surface area (Å²) in [6.07, 6.45) is 1.13. The number of amides is 1. The van der Waals surface area contributed by atoms with Gasteiger partial charge in [0, 0.05) is 67.4 Å². The Labute approximate surface area is 213 Å². The predicted octanol–water partition coefficient (Wildman–Crippen LogP) is 3.55. The molecule has 8 nitrogen and oxygen atoms in total. The number of aromatic amines is 1. The lowest BCUT2D eigenvalue weighted by Crippen LogP contribution is -2.69. The van der Waals surface area contributed by atoms with Crippen LogP contribution in [-0.4, -0.2) is 80.5 Å². The third-order valence-electron chi connectivity index (χ3n) is 7.74. The molecule has 0 unspecified atom stereocenters. The molecular weight excluding hydrogens is 476 g/mol. The fourth-order valence-corrected chi connectivity index (χ4v) is 7.51. The number of aromatic nitrogens is 1. The number of hydrogen-bond donors (Lipinski definition) is 1. The van der Waals surface area contributed by atoms with Gasteiger partial charge >= 0.3 is 0 Å². The highest BCUT2D eigenvalue weighted by Crippen LogP contribution is 2.43. The van der Waals surface area contributed by atoms with Crippen molar-refractivity contribution in [2.24, 2.45) is 5.41 Å². The van der Waals surface area contributed by atoms with Crippen LogP contribution in [0.15, 0.2) is 53.4 Å². The number of H-pyrrole nitrogens is 1. The lowest BCUT2D eigenvalue weighted by Gasteiger charge is -2.53. The van der Waals surface area contributed by atoms with Gasteiger partial charge in [-0.2, -0.15) is 4.31 Å². The van der Waals surface area contributed by atoms with Crippen LogP contribution in [0.5, 0.6) is 0 Å². The van der Waals surface area contributed by atoms with E-state index in [0.717, 1.165) is 47.4 Å². The van der Waals surface area contributed by atoms with Gasteiger partial charge in [-0.3, -0.25) is 4.79 Å². The third kappa shape index (κ3) is 3.81. The number of ether oxygens (including phenoxy) is 1. The SMILES string of the molecule is CC1(C)CN(S(=O)(=O)c2ccc(N3CCC3)c(-c3cc4ccccc4[nH]3)c2)[C@@H]1C(=O)N1CCOCC1.[HH]. The van der Waals surface area contributed by atoms with Crippen molar-refractivity contribution in [1.29, 1.82) is 0 Å². The molecule has 1 amide bonds. The molecule has 6 rings (SSSR count). The number of fused-ring (bicyclic) bond motifs is 1. The minimum Gasteiger partial charge on any atom is -0.378 e. The second-order valence-electron chi connectivity index (χ2n) is 10.7. The van der Waals surface area contributed by atoms with Crippen LogP contribution in [0.3, 0.4) is 0 Å². The van der Waals surface area contributed by atoms with Crippen LogP contribution in [0.1, 0.15) is 21.7 Å². The lowest BCUT2D eigenvalue weighted by molar-refractivity contribution is -0.150. The van der Waals surface area contributed by atoms with Crippen molar-refractivity contribution in [2.45, 2.75) is 31.2 Å². The number of morpholine rings is 1. The zero-order valence-electron chi connectivity index (χ0n) is 20.7. The number of nitrogens with zero attached hydrogens (tertiary/aromatic N) is 3. The maximum Gasteiger partial charge on any atom is 0.243 e. The molecule has 9 heteroatoms. The van der Waals surface area contributed by atoms with E-state index in [2.05, 4.69) is 16.0 Å². The second kappa shape index (κ2) is 8.61. The number of carbonyl (C=O) groups is 1. The Morgan fingerprint density at radius 1 is 1.06 bits per heavy atom. The number of carbonyl (C=O) groups excluding carboxylic acids is 1. The van der Waals surface area contributed by atoms with Gasteiger partial charge in [0.2, 0.25) is 15.9 Å². The van der Waals surface area contributed by atoms with E-state index in [4.69, 9.17) is 4.74 Å². The maximum atomic E-state index is 13.9. The molecule has 36 heavy (non-hydrogen) atoms. The summed E-state index contributed by atoms with van der Waals surface area (Å²) in [5, 5.41) is 1.08. The second-order valence-corrected chi connectivity index (χ2v) is 12.6. The summed E-state index contributed by atoms with van der Waals surface area (Å²) < 4.78 is 34.6. The van der Waals surface area contributed by atoms with Crippen LogP contribution < -0.4 is 4.90 Å². The number of anilines is 1. The molecule has 192 valence electrons. The van der Waals surface area contributed by atoms with Crippen molar-refractivity contribution in [1.82, 2.24) is 14.2 Å². The Bertz CT molecular complexity index is 1390. The molecule has 3 fully saturated rings. The first-order chi connectivity index (χ1) is 17.3. The Hall–Kier alpha value is -2.88. The number of rotatable bonds is 5. The van der Waals surface area contributed by atoms with Crippen molar-refractivity contribution in [3.05, 3.63) is 48.5 Å². The quantitative estimate of drug-likeness (QED) is 0.567. The average molecular weight is 511 g/mol. The summed E-state index contributed by atoms with van der Waals surface area (Å²) in [5.41, 5.74) is 3.36. The molecule has 0 radical (unpaired) electrons. The highest BCUT2D eigenvalue weighted by atomic mass is 32.2. The summed E-state index contributed by atoms with van der Waals surface area (Å²) in [6, 6.07) is 14.8. The standard InChI is InChI=1S/C27H32N4O4S.H2/c1-27(2)18-31(25(27)26(32)30-12-14-35-15-13-30)36(33,34)20-8-9-24(29-10-5-11-29)21(17-20)23-16-19-6-3-4-7-22(19)28-23;/h3-4,6-9,16-17,25,28H,5,10-15,18H2,1-2H3;1H/t25-;/m1./s1. The van der Waals surface area contributed by atoms with Crippen LogP contribution in [0.2, 0.25) is 0 Å². The molecule has 0 saturated carbocycles. The first-order valence-electron chi connectivity index (χ1n) is 12.6. The number of nitrogens with one attached hydrogen (secondary N) is 1. The fraction of sp³-hybridized carbons (Fsp3) is 0.444. The van der Waals surface area contributed by atoms with Crippen molar-refractivity contribution < 1.29 is 19.4 Å². The molecule has 3 aliphatic heterocycles. The van der Waals surface area contributed by atoms with E-state index in [1.807, 2.05) is 44.2 Å². The minimum absolute atomic E-state index is 0. The molecule has 3 aromatic rings. The first kappa shape index (κ1) is 23.5. The maximum absolute atomic E-state index is 13.9. The first-order valence-corrected chi connectivity index (χ1v) is 14.1. The molecule has 0 bridgehead atoms. The van der Waals surface area contributed by atoms with E-state index in [1.165, 1.54) is 4.31 Å². The summed E-state index contributed by atoms with van der Waals surface area (Å²) in [5.74, 6) is -0.133. The monoisotopic (exact) mass is 510 g/mol. The molecule has 3 saturated heterocycles. The van der Waals surface area contributed by atoms with Gasteiger partial charge < -0.3 is 19.5 Å². The third-order valence-corrected chi connectivity index (χ3v) is 9.55.